The van der Waals surface area contributed by atoms with E-state index in [0.717, 1.165) is 11.3 Å². The van der Waals surface area contributed by atoms with Gasteiger partial charge in [0.05, 0.1) is 12.7 Å². The molecule has 0 bridgehead atoms. The van der Waals surface area contributed by atoms with Crippen LogP contribution < -0.4 is 4.74 Å². The zero-order valence-corrected chi connectivity index (χ0v) is 8.61. The minimum atomic E-state index is -0.333. The third-order valence-electron chi connectivity index (χ3n) is 1.93. The first kappa shape index (κ1) is 12.6. The first-order valence-corrected chi connectivity index (χ1v) is 3.78. The van der Waals surface area contributed by atoms with Gasteiger partial charge in [-0.3, -0.25) is 0 Å². The molecule has 1 aromatic carbocycles. The van der Waals surface area contributed by atoms with Crippen LogP contribution >= 0.6 is 24.8 Å². The Morgan fingerprint density at radius 3 is 2.62 bits per heavy atom. The SMILES string of the molecule is Cl.Cl.OC1CCOc2ccccc21. The van der Waals surface area contributed by atoms with E-state index >= 15 is 0 Å². The molecule has 1 aliphatic rings. The van der Waals surface area contributed by atoms with Crippen LogP contribution in [0.1, 0.15) is 18.1 Å². The number of hydrogen-bond donors (Lipinski definition) is 1. The molecule has 0 fully saturated rings. The Labute approximate surface area is 89.7 Å². The highest BCUT2D eigenvalue weighted by Crippen LogP contribution is 2.30. The maximum atomic E-state index is 9.48. The van der Waals surface area contributed by atoms with Gasteiger partial charge < -0.3 is 9.84 Å². The highest BCUT2D eigenvalue weighted by atomic mass is 35.5. The molecule has 0 saturated heterocycles. The average Bonchev–Trinajstić information content (AvgIpc) is 2.06. The lowest BCUT2D eigenvalue weighted by atomic mass is 10.0. The van der Waals surface area contributed by atoms with Crippen molar-refractivity contribution in [1.82, 2.24) is 0 Å². The van der Waals surface area contributed by atoms with Crippen LogP contribution in [0, 0.1) is 0 Å². The van der Waals surface area contributed by atoms with Gasteiger partial charge in [-0.25, -0.2) is 0 Å². The topological polar surface area (TPSA) is 29.5 Å². The standard InChI is InChI=1S/C9H10O2.2ClH/c10-8-5-6-11-9-4-2-1-3-7(8)9;;/h1-4,8,10H,5-6H2;2*1H. The summed E-state index contributed by atoms with van der Waals surface area (Å²) in [6, 6.07) is 7.62. The number of fused-ring (bicyclic) bond motifs is 1. The number of aliphatic hydroxyl groups is 1. The minimum absolute atomic E-state index is 0. The van der Waals surface area contributed by atoms with Gasteiger partial charge in [-0.05, 0) is 6.07 Å². The molecule has 1 aliphatic heterocycles. The number of rotatable bonds is 0. The van der Waals surface area contributed by atoms with E-state index in [2.05, 4.69) is 0 Å². The number of aliphatic hydroxyl groups excluding tert-OH is 1. The summed E-state index contributed by atoms with van der Waals surface area (Å²) in [5.41, 5.74) is 0.916. The molecule has 4 heteroatoms. The highest BCUT2D eigenvalue weighted by Gasteiger charge is 2.17. The lowest BCUT2D eigenvalue weighted by Crippen LogP contribution is -2.13. The van der Waals surface area contributed by atoms with Crippen molar-refractivity contribution in [2.75, 3.05) is 6.61 Å². The molecule has 0 amide bonds. The quantitative estimate of drug-likeness (QED) is 0.731. The van der Waals surface area contributed by atoms with Crippen molar-refractivity contribution in [3.05, 3.63) is 29.8 Å². The lowest BCUT2D eigenvalue weighted by Gasteiger charge is -2.21. The zero-order chi connectivity index (χ0) is 7.68. The molecule has 1 unspecified atom stereocenters. The molecule has 1 heterocycles. The molecule has 0 aromatic heterocycles. The monoisotopic (exact) mass is 222 g/mol. The predicted octanol–water partition coefficient (Wildman–Crippen LogP) is 2.35. The summed E-state index contributed by atoms with van der Waals surface area (Å²) >= 11 is 0. The van der Waals surface area contributed by atoms with E-state index in [1.54, 1.807) is 0 Å². The summed E-state index contributed by atoms with van der Waals surface area (Å²) < 4.78 is 5.33. The second-order valence-electron chi connectivity index (χ2n) is 2.69. The molecule has 13 heavy (non-hydrogen) atoms. The van der Waals surface area contributed by atoms with Gasteiger partial charge in [0.2, 0.25) is 0 Å². The summed E-state index contributed by atoms with van der Waals surface area (Å²) in [5, 5.41) is 9.48. The summed E-state index contributed by atoms with van der Waals surface area (Å²) in [6.45, 7) is 0.623. The molecule has 1 N–H and O–H groups in total. The normalized spacial score (nSPS) is 18.7. The molecular weight excluding hydrogens is 211 g/mol. The summed E-state index contributed by atoms with van der Waals surface area (Å²) in [5.74, 6) is 0.825. The minimum Gasteiger partial charge on any atom is -0.493 e. The third-order valence-corrected chi connectivity index (χ3v) is 1.93. The van der Waals surface area contributed by atoms with E-state index in [9.17, 15) is 5.11 Å². The van der Waals surface area contributed by atoms with Gasteiger partial charge >= 0.3 is 0 Å². The first-order valence-electron chi connectivity index (χ1n) is 3.78. The van der Waals surface area contributed by atoms with Crippen molar-refractivity contribution in [3.8, 4) is 5.75 Å². The van der Waals surface area contributed by atoms with E-state index in [0.29, 0.717) is 13.0 Å². The lowest BCUT2D eigenvalue weighted by molar-refractivity contribution is 0.115. The number of benzene rings is 1. The van der Waals surface area contributed by atoms with Gasteiger partial charge in [-0.2, -0.15) is 0 Å². The van der Waals surface area contributed by atoms with Gasteiger partial charge in [0.15, 0.2) is 0 Å². The number of hydrogen-bond acceptors (Lipinski definition) is 2. The highest BCUT2D eigenvalue weighted by molar-refractivity contribution is 5.85. The third kappa shape index (κ3) is 2.50. The van der Waals surface area contributed by atoms with E-state index in [1.165, 1.54) is 0 Å². The van der Waals surface area contributed by atoms with Crippen LogP contribution in [0.5, 0.6) is 5.75 Å². The van der Waals surface area contributed by atoms with Gasteiger partial charge in [-0.1, -0.05) is 18.2 Å². The fourth-order valence-electron chi connectivity index (χ4n) is 1.32. The van der Waals surface area contributed by atoms with E-state index in [-0.39, 0.29) is 30.9 Å². The van der Waals surface area contributed by atoms with Gasteiger partial charge in [0.25, 0.3) is 0 Å². The predicted molar refractivity (Wildman–Crippen MR) is 56.0 cm³/mol. The Hall–Kier alpha value is -0.440. The molecule has 2 rings (SSSR count). The van der Waals surface area contributed by atoms with Crippen LogP contribution in [-0.2, 0) is 0 Å². The smallest absolute Gasteiger partial charge is 0.125 e. The van der Waals surface area contributed by atoms with Crippen molar-refractivity contribution >= 4 is 24.8 Å². The molecule has 2 nitrogen and oxygen atoms in total. The Morgan fingerprint density at radius 2 is 1.92 bits per heavy atom. The van der Waals surface area contributed by atoms with Crippen LogP contribution in [0.4, 0.5) is 0 Å². The molecule has 1 atom stereocenters. The Balaban J connectivity index is 0.000000720. The zero-order valence-electron chi connectivity index (χ0n) is 6.97. The molecule has 0 radical (unpaired) electrons. The Kier molecular flexibility index (Phi) is 5.14. The van der Waals surface area contributed by atoms with Crippen LogP contribution in [0.25, 0.3) is 0 Å². The Morgan fingerprint density at radius 1 is 1.23 bits per heavy atom. The van der Waals surface area contributed by atoms with Gasteiger partial charge in [0.1, 0.15) is 5.75 Å². The number of ether oxygens (including phenoxy) is 1. The van der Waals surface area contributed by atoms with Crippen LogP contribution in [0.3, 0.4) is 0 Å². The average molecular weight is 223 g/mol. The van der Waals surface area contributed by atoms with Crippen molar-refractivity contribution in [2.24, 2.45) is 0 Å². The molecule has 0 aliphatic carbocycles. The van der Waals surface area contributed by atoms with Crippen molar-refractivity contribution in [3.63, 3.8) is 0 Å². The van der Waals surface area contributed by atoms with Gasteiger partial charge in [-0.15, -0.1) is 24.8 Å². The molecule has 74 valence electrons. The molecule has 0 spiro atoms. The van der Waals surface area contributed by atoms with E-state index < -0.39 is 0 Å². The fourth-order valence-corrected chi connectivity index (χ4v) is 1.32. The summed E-state index contributed by atoms with van der Waals surface area (Å²) in [6.07, 6.45) is 0.372. The molecular formula is C9H12Cl2O2. The Bertz CT molecular complexity index is 266. The second-order valence-corrected chi connectivity index (χ2v) is 2.69. The van der Waals surface area contributed by atoms with Gasteiger partial charge in [0, 0.05) is 12.0 Å². The number of halogens is 2. The maximum Gasteiger partial charge on any atom is 0.125 e. The maximum absolute atomic E-state index is 9.48. The van der Waals surface area contributed by atoms with Crippen LogP contribution in [-0.4, -0.2) is 11.7 Å². The molecule has 1 aromatic rings. The number of para-hydroxylation sites is 1. The van der Waals surface area contributed by atoms with Crippen molar-refractivity contribution in [1.29, 1.82) is 0 Å². The van der Waals surface area contributed by atoms with E-state index in [1.807, 2.05) is 24.3 Å². The van der Waals surface area contributed by atoms with Crippen LogP contribution in [0.2, 0.25) is 0 Å². The van der Waals surface area contributed by atoms with E-state index in [4.69, 9.17) is 4.74 Å². The van der Waals surface area contributed by atoms with Crippen molar-refractivity contribution < 1.29 is 9.84 Å². The fraction of sp³-hybridized carbons (Fsp3) is 0.333. The largest absolute Gasteiger partial charge is 0.493 e. The van der Waals surface area contributed by atoms with Crippen molar-refractivity contribution in [2.45, 2.75) is 12.5 Å². The second kappa shape index (κ2) is 5.32. The summed E-state index contributed by atoms with van der Waals surface area (Å²) in [7, 11) is 0. The first-order chi connectivity index (χ1) is 5.38. The molecule has 0 saturated carbocycles. The summed E-state index contributed by atoms with van der Waals surface area (Å²) in [4.78, 5) is 0. The van der Waals surface area contributed by atoms with Crippen LogP contribution in [0.15, 0.2) is 24.3 Å².